The molecule has 1 unspecified atom stereocenters. The molecule has 0 aromatic carbocycles. The summed E-state index contributed by atoms with van der Waals surface area (Å²) in [7, 11) is 0. The van der Waals surface area contributed by atoms with Gasteiger partial charge in [0.15, 0.2) is 5.82 Å². The number of aromatic amines is 1. The Balaban J connectivity index is 0.000000660. The molecular weight excluding hydrogens is 350 g/mol. The fourth-order valence-corrected chi connectivity index (χ4v) is 3.76. The Bertz CT molecular complexity index is 897. The number of nitrogens with zero attached hydrogens (tertiary/aromatic N) is 5. The van der Waals surface area contributed by atoms with Gasteiger partial charge in [-0.25, -0.2) is 9.97 Å². The van der Waals surface area contributed by atoms with Crippen LogP contribution in [-0.2, 0) is 0 Å². The van der Waals surface area contributed by atoms with E-state index in [0.717, 1.165) is 35.1 Å². The number of nitrogens with one attached hydrogen (secondary N) is 1. The molecule has 3 N–H and O–H groups in total. The first-order valence-electron chi connectivity index (χ1n) is 10.3. The summed E-state index contributed by atoms with van der Waals surface area (Å²) in [6.45, 7) is 8.00. The Morgan fingerprint density at radius 1 is 1.25 bits per heavy atom. The monoisotopic (exact) mass is 381 g/mol. The fourth-order valence-electron chi connectivity index (χ4n) is 3.76. The highest BCUT2D eigenvalue weighted by Gasteiger charge is 2.28. The topological polar surface area (TPSA) is 109 Å². The van der Waals surface area contributed by atoms with Crippen LogP contribution in [0.15, 0.2) is 24.8 Å². The Morgan fingerprint density at radius 2 is 1.96 bits per heavy atom. The first kappa shape index (κ1) is 21.4. The van der Waals surface area contributed by atoms with Crippen LogP contribution in [0.3, 0.4) is 0 Å². The average molecular weight is 382 g/mol. The van der Waals surface area contributed by atoms with Gasteiger partial charge >= 0.3 is 0 Å². The highest BCUT2D eigenvalue weighted by molar-refractivity contribution is 5.92. The standard InChI is InChI=1S/C17H19N7.2C2H6/c18-7-5-14(11-3-1-2-4-11)24-9-13(16(19)23-24)15-12-6-8-20-17(12)22-10-21-15;2*1-2/h6,8-11,14H,1-5H2,(H2,19,23)(H,20,21,22);2*1-2H3. The molecule has 0 saturated heterocycles. The van der Waals surface area contributed by atoms with Crippen molar-refractivity contribution in [3.8, 4) is 17.3 Å². The van der Waals surface area contributed by atoms with Crippen LogP contribution in [0, 0.1) is 17.2 Å². The maximum Gasteiger partial charge on any atom is 0.154 e. The number of fused-ring (bicyclic) bond motifs is 1. The van der Waals surface area contributed by atoms with Gasteiger partial charge in [-0.15, -0.1) is 0 Å². The van der Waals surface area contributed by atoms with E-state index >= 15 is 0 Å². The second kappa shape index (κ2) is 10.5. The van der Waals surface area contributed by atoms with E-state index in [0.29, 0.717) is 18.2 Å². The molecule has 1 atom stereocenters. The van der Waals surface area contributed by atoms with E-state index in [1.807, 2.05) is 50.8 Å². The Morgan fingerprint density at radius 3 is 2.64 bits per heavy atom. The van der Waals surface area contributed by atoms with Gasteiger partial charge in [0.2, 0.25) is 0 Å². The highest BCUT2D eigenvalue weighted by Crippen LogP contribution is 2.37. The molecule has 4 rings (SSSR count). The summed E-state index contributed by atoms with van der Waals surface area (Å²) in [4.78, 5) is 11.7. The van der Waals surface area contributed by atoms with Crippen LogP contribution >= 0.6 is 0 Å². The molecule has 0 spiro atoms. The molecule has 0 amide bonds. The number of nitriles is 1. The van der Waals surface area contributed by atoms with Crippen LogP contribution in [0.4, 0.5) is 5.82 Å². The van der Waals surface area contributed by atoms with E-state index in [1.54, 1.807) is 0 Å². The quantitative estimate of drug-likeness (QED) is 0.653. The number of hydrogen-bond donors (Lipinski definition) is 2. The lowest BCUT2D eigenvalue weighted by molar-refractivity contribution is 0.315. The average Bonchev–Trinajstić information content (AvgIpc) is 3.50. The van der Waals surface area contributed by atoms with Crippen molar-refractivity contribution in [2.45, 2.75) is 65.8 Å². The van der Waals surface area contributed by atoms with Gasteiger partial charge < -0.3 is 10.7 Å². The first-order chi connectivity index (χ1) is 13.8. The van der Waals surface area contributed by atoms with Crippen molar-refractivity contribution in [1.29, 1.82) is 5.26 Å². The summed E-state index contributed by atoms with van der Waals surface area (Å²) in [5.74, 6) is 0.937. The molecule has 1 fully saturated rings. The Hall–Kier alpha value is -2.88. The van der Waals surface area contributed by atoms with Crippen LogP contribution in [0.1, 0.15) is 65.8 Å². The molecule has 0 radical (unpaired) electrons. The molecule has 1 aliphatic rings. The van der Waals surface area contributed by atoms with Gasteiger partial charge in [-0.2, -0.15) is 10.4 Å². The molecule has 0 aliphatic heterocycles. The fraction of sp³-hybridized carbons (Fsp3) is 0.524. The molecule has 3 heterocycles. The summed E-state index contributed by atoms with van der Waals surface area (Å²) >= 11 is 0. The van der Waals surface area contributed by atoms with E-state index < -0.39 is 0 Å². The van der Waals surface area contributed by atoms with Crippen LogP contribution in [-0.4, -0.2) is 24.7 Å². The van der Waals surface area contributed by atoms with Crippen LogP contribution in [0.5, 0.6) is 0 Å². The summed E-state index contributed by atoms with van der Waals surface area (Å²) in [6, 6.07) is 4.32. The minimum absolute atomic E-state index is 0.0807. The maximum absolute atomic E-state index is 9.22. The predicted octanol–water partition coefficient (Wildman–Crippen LogP) is 5.10. The predicted molar refractivity (Wildman–Crippen MR) is 113 cm³/mol. The zero-order valence-corrected chi connectivity index (χ0v) is 17.3. The van der Waals surface area contributed by atoms with Crippen molar-refractivity contribution in [3.05, 3.63) is 24.8 Å². The van der Waals surface area contributed by atoms with E-state index in [2.05, 4.69) is 26.1 Å². The molecule has 3 aromatic rings. The molecule has 7 nitrogen and oxygen atoms in total. The minimum Gasteiger partial charge on any atom is -0.382 e. The zero-order chi connectivity index (χ0) is 20.5. The third kappa shape index (κ3) is 4.33. The second-order valence-electron chi connectivity index (χ2n) is 6.34. The largest absolute Gasteiger partial charge is 0.382 e. The Kier molecular flexibility index (Phi) is 8.00. The number of aromatic nitrogens is 5. The molecule has 7 heteroatoms. The lowest BCUT2D eigenvalue weighted by atomic mass is 9.96. The number of H-pyrrole nitrogens is 1. The zero-order valence-electron chi connectivity index (χ0n) is 17.3. The lowest BCUT2D eigenvalue weighted by Gasteiger charge is -2.21. The van der Waals surface area contributed by atoms with Crippen LogP contribution in [0.2, 0.25) is 0 Å². The lowest BCUT2D eigenvalue weighted by Crippen LogP contribution is -2.17. The van der Waals surface area contributed by atoms with Crippen LogP contribution < -0.4 is 5.73 Å². The normalized spacial score (nSPS) is 14.5. The molecule has 28 heavy (non-hydrogen) atoms. The number of hydrogen-bond acceptors (Lipinski definition) is 5. The summed E-state index contributed by atoms with van der Waals surface area (Å²) in [6.07, 6.45) is 10.5. The van der Waals surface area contributed by atoms with Gasteiger partial charge in [-0.05, 0) is 24.8 Å². The third-order valence-electron chi connectivity index (χ3n) is 4.95. The number of anilines is 1. The molecule has 0 bridgehead atoms. The van der Waals surface area contributed by atoms with Crippen molar-refractivity contribution in [2.24, 2.45) is 5.92 Å². The van der Waals surface area contributed by atoms with Gasteiger partial charge in [0.25, 0.3) is 0 Å². The van der Waals surface area contributed by atoms with Gasteiger partial charge in [0.1, 0.15) is 12.0 Å². The number of nitrogen functional groups attached to an aromatic ring is 1. The summed E-state index contributed by atoms with van der Waals surface area (Å²) in [5, 5.41) is 14.7. The van der Waals surface area contributed by atoms with Crippen molar-refractivity contribution in [2.75, 3.05) is 5.73 Å². The highest BCUT2D eigenvalue weighted by atomic mass is 15.3. The first-order valence-corrected chi connectivity index (χ1v) is 10.3. The maximum atomic E-state index is 9.22. The molecule has 150 valence electrons. The van der Waals surface area contributed by atoms with Gasteiger partial charge in [-0.3, -0.25) is 4.68 Å². The summed E-state index contributed by atoms with van der Waals surface area (Å²) < 4.78 is 1.88. The van der Waals surface area contributed by atoms with Gasteiger partial charge in [-0.1, -0.05) is 40.5 Å². The number of rotatable bonds is 4. The van der Waals surface area contributed by atoms with E-state index in [-0.39, 0.29) is 6.04 Å². The smallest absolute Gasteiger partial charge is 0.154 e. The SMILES string of the molecule is CC.CC.N#CCC(C1CCCC1)n1cc(-c2ncnc3[nH]ccc23)c(N)n1. The minimum atomic E-state index is 0.0807. The Labute approximate surface area is 167 Å². The molecular formula is C21H31N7. The molecule has 1 saturated carbocycles. The van der Waals surface area contributed by atoms with Crippen molar-refractivity contribution in [1.82, 2.24) is 24.7 Å². The van der Waals surface area contributed by atoms with Crippen molar-refractivity contribution in [3.63, 3.8) is 0 Å². The summed E-state index contributed by atoms with van der Waals surface area (Å²) in [5.41, 5.74) is 8.52. The van der Waals surface area contributed by atoms with Gasteiger partial charge in [0, 0.05) is 17.8 Å². The van der Waals surface area contributed by atoms with Crippen molar-refractivity contribution >= 4 is 16.9 Å². The molecule has 3 aromatic heterocycles. The van der Waals surface area contributed by atoms with E-state index in [1.165, 1.54) is 19.2 Å². The molecule has 1 aliphatic carbocycles. The second-order valence-corrected chi connectivity index (χ2v) is 6.34. The van der Waals surface area contributed by atoms with Crippen molar-refractivity contribution < 1.29 is 0 Å². The van der Waals surface area contributed by atoms with Gasteiger partial charge in [0.05, 0.1) is 29.8 Å². The van der Waals surface area contributed by atoms with E-state index in [9.17, 15) is 5.26 Å². The van der Waals surface area contributed by atoms with Crippen LogP contribution in [0.25, 0.3) is 22.3 Å². The number of nitrogens with two attached hydrogens (primary N) is 1. The third-order valence-corrected chi connectivity index (χ3v) is 4.95. The van der Waals surface area contributed by atoms with E-state index in [4.69, 9.17) is 5.73 Å².